The first-order valence-electron chi connectivity index (χ1n) is 3.94. The molecule has 1 unspecified atom stereocenters. The molecule has 0 aliphatic carbocycles. The number of hydrogen-bond donors (Lipinski definition) is 1. The molecular weight excluding hydrogens is 168 g/mol. The minimum atomic E-state index is -1.48. The maximum Gasteiger partial charge on any atom is 0.155 e. The summed E-state index contributed by atoms with van der Waals surface area (Å²) in [5.41, 5.74) is -1.00. The lowest BCUT2D eigenvalue weighted by atomic mass is 9.97. The molecule has 1 atom stereocenters. The highest BCUT2D eigenvalue weighted by molar-refractivity contribution is 5.67. The molecule has 13 heavy (non-hydrogen) atoms. The maximum absolute atomic E-state index is 10.6. The largest absolute Gasteiger partial charge is 0.496 e. The number of benzene rings is 1. The molecule has 0 saturated carbocycles. The molecule has 0 spiro atoms. The van der Waals surface area contributed by atoms with Crippen molar-refractivity contribution in [3.8, 4) is 5.75 Å². The van der Waals surface area contributed by atoms with Gasteiger partial charge in [-0.15, -0.1) is 0 Å². The van der Waals surface area contributed by atoms with E-state index in [1.165, 1.54) is 14.0 Å². The number of hydrogen-bond acceptors (Lipinski definition) is 3. The molecule has 0 fully saturated rings. The van der Waals surface area contributed by atoms with Crippen molar-refractivity contribution >= 4 is 6.29 Å². The lowest BCUT2D eigenvalue weighted by Gasteiger charge is -2.18. The third kappa shape index (κ3) is 1.87. The van der Waals surface area contributed by atoms with Gasteiger partial charge in [-0.05, 0) is 13.0 Å². The Morgan fingerprint density at radius 2 is 2.08 bits per heavy atom. The van der Waals surface area contributed by atoms with E-state index in [9.17, 15) is 9.90 Å². The fraction of sp³-hybridized carbons (Fsp3) is 0.300. The van der Waals surface area contributed by atoms with E-state index in [-0.39, 0.29) is 0 Å². The minimum absolute atomic E-state index is 0.479. The van der Waals surface area contributed by atoms with Crippen molar-refractivity contribution in [1.29, 1.82) is 0 Å². The third-order valence-electron chi connectivity index (χ3n) is 1.88. The lowest BCUT2D eigenvalue weighted by molar-refractivity contribution is -0.123. The fourth-order valence-corrected chi connectivity index (χ4v) is 1.13. The Balaban J connectivity index is 3.20. The molecule has 1 N–H and O–H groups in total. The molecule has 0 aromatic heterocycles. The molecule has 70 valence electrons. The summed E-state index contributed by atoms with van der Waals surface area (Å²) in [6.07, 6.45) is 0.491. The zero-order chi connectivity index (χ0) is 9.90. The molecular formula is C10H12O3. The van der Waals surface area contributed by atoms with Crippen LogP contribution in [0, 0.1) is 0 Å². The van der Waals surface area contributed by atoms with Gasteiger partial charge in [0, 0.05) is 5.56 Å². The van der Waals surface area contributed by atoms with Gasteiger partial charge in [0.1, 0.15) is 11.4 Å². The zero-order valence-corrected chi connectivity index (χ0v) is 7.65. The van der Waals surface area contributed by atoms with E-state index in [0.717, 1.165) is 0 Å². The quantitative estimate of drug-likeness (QED) is 0.708. The van der Waals surface area contributed by atoms with Gasteiger partial charge in [0.2, 0.25) is 0 Å². The minimum Gasteiger partial charge on any atom is -0.496 e. The Morgan fingerprint density at radius 1 is 1.46 bits per heavy atom. The molecule has 0 heterocycles. The van der Waals surface area contributed by atoms with Crippen LogP contribution in [0.1, 0.15) is 12.5 Å². The van der Waals surface area contributed by atoms with Crippen molar-refractivity contribution in [1.82, 2.24) is 0 Å². The van der Waals surface area contributed by atoms with Crippen LogP contribution in [0.3, 0.4) is 0 Å². The SMILES string of the molecule is COc1ccccc1C(C)(O)C=O. The second kappa shape index (κ2) is 3.58. The Labute approximate surface area is 77.0 Å². The van der Waals surface area contributed by atoms with Gasteiger partial charge in [0.15, 0.2) is 6.29 Å². The molecule has 1 aromatic rings. The van der Waals surface area contributed by atoms with Gasteiger partial charge in [-0.25, -0.2) is 0 Å². The third-order valence-corrected chi connectivity index (χ3v) is 1.88. The zero-order valence-electron chi connectivity index (χ0n) is 7.65. The van der Waals surface area contributed by atoms with Gasteiger partial charge in [-0.1, -0.05) is 18.2 Å². The number of carbonyl (C=O) groups is 1. The number of rotatable bonds is 3. The monoisotopic (exact) mass is 180 g/mol. The first-order valence-corrected chi connectivity index (χ1v) is 3.94. The smallest absolute Gasteiger partial charge is 0.155 e. The Kier molecular flexibility index (Phi) is 2.68. The average Bonchev–Trinajstić information content (AvgIpc) is 2.18. The summed E-state index contributed by atoms with van der Waals surface area (Å²) in [5.74, 6) is 0.514. The van der Waals surface area contributed by atoms with E-state index in [2.05, 4.69) is 0 Å². The van der Waals surface area contributed by atoms with Crippen LogP contribution < -0.4 is 4.74 Å². The first-order chi connectivity index (χ1) is 6.11. The van der Waals surface area contributed by atoms with Crippen LogP contribution >= 0.6 is 0 Å². The van der Waals surface area contributed by atoms with E-state index < -0.39 is 5.60 Å². The number of carbonyl (C=O) groups excluding carboxylic acids is 1. The number of ether oxygens (including phenoxy) is 1. The van der Waals surface area contributed by atoms with E-state index in [1.807, 2.05) is 0 Å². The summed E-state index contributed by atoms with van der Waals surface area (Å²) >= 11 is 0. The standard InChI is InChI=1S/C10H12O3/c1-10(12,7-11)8-5-3-4-6-9(8)13-2/h3-7,12H,1-2H3. The molecule has 0 aliphatic rings. The van der Waals surface area contributed by atoms with E-state index in [4.69, 9.17) is 4.74 Å². The number of aliphatic hydroxyl groups is 1. The van der Waals surface area contributed by atoms with Crippen LogP contribution in [0.25, 0.3) is 0 Å². The highest BCUT2D eigenvalue weighted by atomic mass is 16.5. The maximum atomic E-state index is 10.6. The normalized spacial score (nSPS) is 14.7. The van der Waals surface area contributed by atoms with Crippen LogP contribution in [-0.2, 0) is 10.4 Å². The molecule has 3 heteroatoms. The van der Waals surface area contributed by atoms with Crippen molar-refractivity contribution in [2.75, 3.05) is 7.11 Å². The van der Waals surface area contributed by atoms with Gasteiger partial charge in [0.25, 0.3) is 0 Å². The van der Waals surface area contributed by atoms with E-state index in [0.29, 0.717) is 17.6 Å². The van der Waals surface area contributed by atoms with Gasteiger partial charge in [0.05, 0.1) is 7.11 Å². The van der Waals surface area contributed by atoms with Crippen LogP contribution in [0.5, 0.6) is 5.75 Å². The summed E-state index contributed by atoms with van der Waals surface area (Å²) < 4.78 is 5.01. The van der Waals surface area contributed by atoms with Crippen LogP contribution in [-0.4, -0.2) is 18.5 Å². The van der Waals surface area contributed by atoms with Crippen LogP contribution in [0.2, 0.25) is 0 Å². The number of para-hydroxylation sites is 1. The molecule has 1 aromatic carbocycles. The van der Waals surface area contributed by atoms with Gasteiger partial charge in [-0.2, -0.15) is 0 Å². The Hall–Kier alpha value is -1.35. The van der Waals surface area contributed by atoms with Crippen molar-refractivity contribution in [3.63, 3.8) is 0 Å². The van der Waals surface area contributed by atoms with Crippen molar-refractivity contribution < 1.29 is 14.6 Å². The summed E-state index contributed by atoms with van der Waals surface area (Å²) in [6, 6.07) is 6.89. The predicted octanol–water partition coefficient (Wildman–Crippen LogP) is 1.10. The molecule has 3 nitrogen and oxygen atoms in total. The molecule has 1 rings (SSSR count). The number of aldehydes is 1. The predicted molar refractivity (Wildman–Crippen MR) is 48.6 cm³/mol. The Bertz CT molecular complexity index is 305. The van der Waals surface area contributed by atoms with Crippen LogP contribution in [0.4, 0.5) is 0 Å². The van der Waals surface area contributed by atoms with E-state index >= 15 is 0 Å². The summed E-state index contributed by atoms with van der Waals surface area (Å²) in [5, 5.41) is 9.66. The summed E-state index contributed by atoms with van der Waals surface area (Å²) in [4.78, 5) is 10.6. The molecule has 0 amide bonds. The topological polar surface area (TPSA) is 46.5 Å². The Morgan fingerprint density at radius 3 is 2.62 bits per heavy atom. The molecule has 0 aliphatic heterocycles. The van der Waals surface area contributed by atoms with Crippen molar-refractivity contribution in [2.24, 2.45) is 0 Å². The van der Waals surface area contributed by atoms with Crippen molar-refractivity contribution in [3.05, 3.63) is 29.8 Å². The van der Waals surface area contributed by atoms with Gasteiger partial charge in [-0.3, -0.25) is 4.79 Å². The summed E-state index contributed by atoms with van der Waals surface area (Å²) in [7, 11) is 1.50. The highest BCUT2D eigenvalue weighted by Gasteiger charge is 2.25. The molecule has 0 saturated heterocycles. The first kappa shape index (κ1) is 9.74. The molecule has 0 radical (unpaired) electrons. The van der Waals surface area contributed by atoms with E-state index in [1.54, 1.807) is 24.3 Å². The number of methoxy groups -OCH3 is 1. The van der Waals surface area contributed by atoms with Gasteiger partial charge >= 0.3 is 0 Å². The molecule has 0 bridgehead atoms. The second-order valence-electron chi connectivity index (χ2n) is 2.97. The van der Waals surface area contributed by atoms with Gasteiger partial charge < -0.3 is 9.84 Å². The second-order valence-corrected chi connectivity index (χ2v) is 2.97. The highest BCUT2D eigenvalue weighted by Crippen LogP contribution is 2.27. The average molecular weight is 180 g/mol. The lowest BCUT2D eigenvalue weighted by Crippen LogP contribution is -2.23. The summed E-state index contributed by atoms with van der Waals surface area (Å²) in [6.45, 7) is 1.43. The fourth-order valence-electron chi connectivity index (χ4n) is 1.13. The van der Waals surface area contributed by atoms with Crippen LogP contribution in [0.15, 0.2) is 24.3 Å². The van der Waals surface area contributed by atoms with Crippen molar-refractivity contribution in [2.45, 2.75) is 12.5 Å².